The molecule has 7 nitrogen and oxygen atoms in total. The lowest BCUT2D eigenvalue weighted by Crippen LogP contribution is -2.39. The number of aromatic nitrogens is 2. The van der Waals surface area contributed by atoms with Crippen molar-refractivity contribution >= 4 is 27.5 Å². The van der Waals surface area contributed by atoms with Crippen LogP contribution in [0, 0.1) is 6.92 Å². The van der Waals surface area contributed by atoms with Crippen molar-refractivity contribution in [3.05, 3.63) is 16.3 Å². The van der Waals surface area contributed by atoms with Crippen LogP contribution in [0.25, 0.3) is 10.2 Å². The van der Waals surface area contributed by atoms with Gasteiger partial charge in [0.1, 0.15) is 11.4 Å². The first-order valence-electron chi connectivity index (χ1n) is 9.86. The largest absolute Gasteiger partial charge is 0.480 e. The molecule has 0 spiro atoms. The van der Waals surface area contributed by atoms with Crippen LogP contribution >= 0.6 is 11.3 Å². The van der Waals surface area contributed by atoms with Gasteiger partial charge in [0.15, 0.2) is 5.82 Å². The molecule has 1 saturated carbocycles. The smallest absolute Gasteiger partial charge is 0.261 e. The number of ether oxygens (including phenoxy) is 2. The number of nitrogens with one attached hydrogen (secondary N) is 1. The summed E-state index contributed by atoms with van der Waals surface area (Å²) in [6, 6.07) is 0.649. The molecule has 2 aromatic heterocycles. The Kier molecular flexibility index (Phi) is 7.20. The van der Waals surface area contributed by atoms with Crippen LogP contribution in [0.4, 0.5) is 0 Å². The average Bonchev–Trinajstić information content (AvgIpc) is 3.04. The Morgan fingerprint density at radius 1 is 1.25 bits per heavy atom. The molecule has 0 aliphatic heterocycles. The fourth-order valence-electron chi connectivity index (χ4n) is 3.83. The summed E-state index contributed by atoms with van der Waals surface area (Å²) in [5.74, 6) is 0.976. The Hall–Kier alpha value is -1.77. The molecule has 1 N–H and O–H groups in total. The van der Waals surface area contributed by atoms with Crippen molar-refractivity contribution in [3.63, 3.8) is 0 Å². The fraction of sp³-hybridized carbons (Fsp3) is 0.650. The lowest BCUT2D eigenvalue weighted by molar-refractivity contribution is 0.0948. The molecule has 154 valence electrons. The van der Waals surface area contributed by atoms with Crippen LogP contribution < -0.4 is 10.1 Å². The molecule has 0 radical (unpaired) electrons. The Labute approximate surface area is 170 Å². The van der Waals surface area contributed by atoms with Gasteiger partial charge in [-0.25, -0.2) is 4.98 Å². The molecule has 28 heavy (non-hydrogen) atoms. The number of aryl methyl sites for hydroxylation is 1. The number of carbonyl (C=O) groups is 1. The lowest BCUT2D eigenvalue weighted by atomic mass is 9.94. The van der Waals surface area contributed by atoms with Crippen molar-refractivity contribution in [1.82, 2.24) is 20.2 Å². The Morgan fingerprint density at radius 2 is 2.00 bits per heavy atom. The minimum Gasteiger partial charge on any atom is -0.480 e. The van der Waals surface area contributed by atoms with Crippen LogP contribution in [0.3, 0.4) is 0 Å². The van der Waals surface area contributed by atoms with Crippen molar-refractivity contribution in [2.45, 2.75) is 51.7 Å². The second kappa shape index (κ2) is 9.62. The van der Waals surface area contributed by atoms with Crippen LogP contribution in [0.15, 0.2) is 0 Å². The van der Waals surface area contributed by atoms with Gasteiger partial charge < -0.3 is 19.7 Å². The first-order valence-corrected chi connectivity index (χ1v) is 10.7. The van der Waals surface area contributed by atoms with E-state index in [0.29, 0.717) is 35.8 Å². The summed E-state index contributed by atoms with van der Waals surface area (Å²) in [6.45, 7) is 3.72. The van der Waals surface area contributed by atoms with Crippen molar-refractivity contribution in [1.29, 1.82) is 0 Å². The maximum Gasteiger partial charge on any atom is 0.261 e. The van der Waals surface area contributed by atoms with E-state index in [4.69, 9.17) is 9.47 Å². The lowest BCUT2D eigenvalue weighted by Gasteiger charge is -2.31. The maximum absolute atomic E-state index is 12.8. The quantitative estimate of drug-likeness (QED) is 0.726. The first-order chi connectivity index (χ1) is 13.5. The van der Waals surface area contributed by atoms with Gasteiger partial charge in [0.25, 0.3) is 5.91 Å². The second-order valence-corrected chi connectivity index (χ2v) is 8.35. The summed E-state index contributed by atoms with van der Waals surface area (Å²) in [4.78, 5) is 25.5. The van der Waals surface area contributed by atoms with E-state index in [2.05, 4.69) is 27.2 Å². The minimum atomic E-state index is -0.0621. The fourth-order valence-corrected chi connectivity index (χ4v) is 4.94. The van der Waals surface area contributed by atoms with Gasteiger partial charge in [-0.1, -0.05) is 19.3 Å². The van der Waals surface area contributed by atoms with E-state index in [1.165, 1.54) is 43.4 Å². The number of amides is 1. The van der Waals surface area contributed by atoms with Gasteiger partial charge in [0.2, 0.25) is 5.88 Å². The summed E-state index contributed by atoms with van der Waals surface area (Å²) in [6.07, 6.45) is 6.52. The summed E-state index contributed by atoms with van der Waals surface area (Å²) >= 11 is 1.38. The average molecular weight is 407 g/mol. The first kappa shape index (κ1) is 21.0. The number of methoxy groups -OCH3 is 2. The minimum absolute atomic E-state index is 0.0621. The molecule has 0 atom stereocenters. The molecule has 2 heterocycles. The molecular weight excluding hydrogens is 376 g/mol. The Morgan fingerprint density at radius 3 is 2.68 bits per heavy atom. The van der Waals surface area contributed by atoms with Gasteiger partial charge in [-0.3, -0.25) is 4.79 Å². The molecule has 0 saturated heterocycles. The summed E-state index contributed by atoms with van der Waals surface area (Å²) in [5.41, 5.74) is 0.860. The Bertz CT molecular complexity index is 817. The standard InChI is InChI=1S/C20H30N4O3S/c1-13-16-19(27-4)22-15(12-26-3)23-20(16)28-17(13)18(25)21-10-11-24(2)14-8-6-5-7-9-14/h14H,5-12H2,1-4H3,(H,21,25). The predicted molar refractivity (Wildman–Crippen MR) is 111 cm³/mol. The third kappa shape index (κ3) is 4.61. The highest BCUT2D eigenvalue weighted by Gasteiger charge is 2.22. The van der Waals surface area contributed by atoms with E-state index in [1.807, 2.05) is 6.92 Å². The molecule has 1 amide bonds. The molecular formula is C20H30N4O3S. The second-order valence-electron chi connectivity index (χ2n) is 7.35. The van der Waals surface area contributed by atoms with Gasteiger partial charge in [0, 0.05) is 26.2 Å². The maximum atomic E-state index is 12.8. The van der Waals surface area contributed by atoms with Gasteiger partial charge in [-0.2, -0.15) is 4.98 Å². The molecule has 1 aliphatic carbocycles. The number of hydrogen-bond acceptors (Lipinski definition) is 7. The zero-order valence-electron chi connectivity index (χ0n) is 17.2. The third-order valence-corrected chi connectivity index (χ3v) is 6.61. The van der Waals surface area contributed by atoms with Gasteiger partial charge >= 0.3 is 0 Å². The molecule has 0 bridgehead atoms. The number of fused-ring (bicyclic) bond motifs is 1. The molecule has 1 aliphatic rings. The normalized spacial score (nSPS) is 15.3. The molecule has 2 aromatic rings. The van der Waals surface area contributed by atoms with Crippen LogP contribution in [-0.2, 0) is 11.3 Å². The molecule has 1 fully saturated rings. The highest BCUT2D eigenvalue weighted by molar-refractivity contribution is 7.20. The highest BCUT2D eigenvalue weighted by atomic mass is 32.1. The van der Waals surface area contributed by atoms with E-state index < -0.39 is 0 Å². The zero-order valence-corrected chi connectivity index (χ0v) is 18.0. The van der Waals surface area contributed by atoms with Crippen molar-refractivity contribution in [3.8, 4) is 5.88 Å². The molecule has 3 rings (SSSR count). The van der Waals surface area contributed by atoms with Gasteiger partial charge in [-0.05, 0) is 32.4 Å². The number of thiophene rings is 1. The van der Waals surface area contributed by atoms with E-state index in [1.54, 1.807) is 14.2 Å². The molecule has 0 unspecified atom stereocenters. The van der Waals surface area contributed by atoms with E-state index >= 15 is 0 Å². The summed E-state index contributed by atoms with van der Waals surface area (Å²) < 4.78 is 10.6. The van der Waals surface area contributed by atoms with Crippen molar-refractivity contribution in [2.24, 2.45) is 0 Å². The van der Waals surface area contributed by atoms with E-state index in [-0.39, 0.29) is 5.91 Å². The van der Waals surface area contributed by atoms with Crippen LogP contribution in [0.5, 0.6) is 5.88 Å². The predicted octanol–water partition coefficient (Wildman–Crippen LogP) is 3.15. The third-order valence-electron chi connectivity index (χ3n) is 5.42. The topological polar surface area (TPSA) is 76.6 Å². The molecule has 8 heteroatoms. The van der Waals surface area contributed by atoms with E-state index in [9.17, 15) is 4.79 Å². The summed E-state index contributed by atoms with van der Waals surface area (Å²) in [7, 11) is 5.34. The van der Waals surface area contributed by atoms with Crippen LogP contribution in [-0.4, -0.2) is 61.2 Å². The van der Waals surface area contributed by atoms with Gasteiger partial charge in [-0.15, -0.1) is 11.3 Å². The molecule has 0 aromatic carbocycles. The van der Waals surface area contributed by atoms with Crippen molar-refractivity contribution in [2.75, 3.05) is 34.4 Å². The highest BCUT2D eigenvalue weighted by Crippen LogP contribution is 2.35. The SMILES string of the molecule is COCc1nc(OC)c2c(C)c(C(=O)NCCN(C)C3CCCCC3)sc2n1. The zero-order chi connectivity index (χ0) is 20.1. The van der Waals surface area contributed by atoms with Crippen LogP contribution in [0.1, 0.15) is 53.2 Å². The van der Waals surface area contributed by atoms with Gasteiger partial charge in [0.05, 0.1) is 17.4 Å². The summed E-state index contributed by atoms with van der Waals surface area (Å²) in [5, 5.41) is 3.87. The van der Waals surface area contributed by atoms with Crippen LogP contribution in [0.2, 0.25) is 0 Å². The Balaban J connectivity index is 1.68. The number of nitrogens with zero attached hydrogens (tertiary/aromatic N) is 3. The number of hydrogen-bond donors (Lipinski definition) is 1. The number of carbonyl (C=O) groups excluding carboxylic acids is 1. The van der Waals surface area contributed by atoms with Crippen molar-refractivity contribution < 1.29 is 14.3 Å². The number of likely N-dealkylation sites (N-methyl/N-ethyl adjacent to an activating group) is 1. The van der Waals surface area contributed by atoms with E-state index in [0.717, 1.165) is 22.3 Å². The number of rotatable bonds is 8. The monoisotopic (exact) mass is 406 g/mol.